The number of nitrogens with one attached hydrogen (secondary N) is 1. The van der Waals surface area contributed by atoms with Gasteiger partial charge >= 0.3 is 5.97 Å². The van der Waals surface area contributed by atoms with Gasteiger partial charge in [-0.05, 0) is 19.3 Å². The zero-order chi connectivity index (χ0) is 11.1. The molecule has 5 heteroatoms. The summed E-state index contributed by atoms with van der Waals surface area (Å²) in [5.41, 5.74) is 0. The maximum absolute atomic E-state index is 11.2. The van der Waals surface area contributed by atoms with Crippen molar-refractivity contribution in [2.75, 3.05) is 13.2 Å². The van der Waals surface area contributed by atoms with Gasteiger partial charge in [-0.25, -0.2) is 4.79 Å². The molecule has 0 aromatic heterocycles. The minimum atomic E-state index is -1.12. The average molecular weight is 213 g/mol. The minimum Gasteiger partial charge on any atom is -0.478 e. The van der Waals surface area contributed by atoms with Gasteiger partial charge in [-0.15, -0.1) is 0 Å². The molecule has 15 heavy (non-hydrogen) atoms. The van der Waals surface area contributed by atoms with Crippen LogP contribution in [-0.2, 0) is 14.3 Å². The molecule has 1 aliphatic rings. The van der Waals surface area contributed by atoms with Crippen molar-refractivity contribution in [1.82, 2.24) is 5.32 Å². The molecule has 84 valence electrons. The van der Waals surface area contributed by atoms with Crippen LogP contribution in [0.15, 0.2) is 12.2 Å². The van der Waals surface area contributed by atoms with Crippen LogP contribution in [0.3, 0.4) is 0 Å². The van der Waals surface area contributed by atoms with Crippen molar-refractivity contribution in [2.24, 2.45) is 0 Å². The predicted octanol–water partition coefficient (Wildman–Crippen LogP) is 0.312. The summed E-state index contributed by atoms with van der Waals surface area (Å²) in [7, 11) is 0. The lowest BCUT2D eigenvalue weighted by atomic mass is 10.1. The Morgan fingerprint density at radius 2 is 2.07 bits per heavy atom. The van der Waals surface area contributed by atoms with Crippen molar-refractivity contribution in [3.63, 3.8) is 0 Å². The molecule has 0 radical (unpaired) electrons. The lowest BCUT2D eigenvalue weighted by Gasteiger charge is -2.13. The van der Waals surface area contributed by atoms with Crippen molar-refractivity contribution < 1.29 is 19.4 Å². The van der Waals surface area contributed by atoms with E-state index >= 15 is 0 Å². The number of aliphatic carboxylic acids is 1. The van der Waals surface area contributed by atoms with Crippen LogP contribution in [0, 0.1) is 0 Å². The summed E-state index contributed by atoms with van der Waals surface area (Å²) in [5, 5.41) is 11.1. The number of carboxylic acid groups (broad SMARTS) is 1. The standard InChI is InChI=1S/C10H15NO4/c12-9(3-4-10(13)14)11-8-2-1-6-15-7-5-8/h3-4,8H,1-2,5-7H2,(H,11,12)(H,13,14)/b4-3+. The van der Waals surface area contributed by atoms with Crippen LogP contribution < -0.4 is 5.32 Å². The molecule has 5 nitrogen and oxygen atoms in total. The maximum Gasteiger partial charge on any atom is 0.328 e. The topological polar surface area (TPSA) is 75.6 Å². The summed E-state index contributed by atoms with van der Waals surface area (Å²) in [5.74, 6) is -1.47. The smallest absolute Gasteiger partial charge is 0.328 e. The molecule has 2 N–H and O–H groups in total. The molecular formula is C10H15NO4. The van der Waals surface area contributed by atoms with Gasteiger partial charge < -0.3 is 15.2 Å². The van der Waals surface area contributed by atoms with Gasteiger partial charge in [0.25, 0.3) is 0 Å². The highest BCUT2D eigenvalue weighted by atomic mass is 16.5. The maximum atomic E-state index is 11.2. The van der Waals surface area contributed by atoms with Crippen LogP contribution >= 0.6 is 0 Å². The first-order valence-corrected chi connectivity index (χ1v) is 4.98. The van der Waals surface area contributed by atoms with Crippen LogP contribution in [-0.4, -0.2) is 36.2 Å². The third-order valence-corrected chi connectivity index (χ3v) is 2.18. The normalized spacial score (nSPS) is 22.3. The molecule has 0 saturated carbocycles. The fourth-order valence-corrected chi connectivity index (χ4v) is 1.44. The van der Waals surface area contributed by atoms with E-state index < -0.39 is 5.97 Å². The Hall–Kier alpha value is -1.36. The van der Waals surface area contributed by atoms with E-state index in [1.54, 1.807) is 0 Å². The average Bonchev–Trinajstić information content (AvgIpc) is 2.43. The van der Waals surface area contributed by atoms with Gasteiger partial charge in [-0.3, -0.25) is 4.79 Å². The van der Waals surface area contributed by atoms with Crippen LogP contribution in [0.2, 0.25) is 0 Å². The zero-order valence-corrected chi connectivity index (χ0v) is 8.44. The van der Waals surface area contributed by atoms with Gasteiger partial charge in [0.2, 0.25) is 5.91 Å². The molecule has 1 atom stereocenters. The fourth-order valence-electron chi connectivity index (χ4n) is 1.44. The second-order valence-corrected chi connectivity index (χ2v) is 3.42. The Balaban J connectivity index is 2.32. The van der Waals surface area contributed by atoms with Gasteiger partial charge in [0.15, 0.2) is 0 Å². The number of rotatable bonds is 3. The Bertz CT molecular complexity index is 254. The summed E-state index contributed by atoms with van der Waals surface area (Å²) >= 11 is 0. The number of carbonyl (C=O) groups excluding carboxylic acids is 1. The highest BCUT2D eigenvalue weighted by Gasteiger charge is 2.13. The van der Waals surface area contributed by atoms with Crippen molar-refractivity contribution in [2.45, 2.75) is 25.3 Å². The number of carbonyl (C=O) groups is 2. The second-order valence-electron chi connectivity index (χ2n) is 3.42. The summed E-state index contributed by atoms with van der Waals surface area (Å²) in [6.45, 7) is 1.38. The molecule has 1 rings (SSSR count). The van der Waals surface area contributed by atoms with E-state index in [9.17, 15) is 9.59 Å². The van der Waals surface area contributed by atoms with Gasteiger partial charge in [0.05, 0.1) is 0 Å². The molecule has 1 unspecified atom stereocenters. The third-order valence-electron chi connectivity index (χ3n) is 2.18. The summed E-state index contributed by atoms with van der Waals surface area (Å²) in [4.78, 5) is 21.4. The highest BCUT2D eigenvalue weighted by Crippen LogP contribution is 2.07. The highest BCUT2D eigenvalue weighted by molar-refractivity contribution is 5.93. The van der Waals surface area contributed by atoms with E-state index in [2.05, 4.69) is 5.32 Å². The molecule has 0 bridgehead atoms. The molecule has 0 aliphatic carbocycles. The van der Waals surface area contributed by atoms with Crippen molar-refractivity contribution in [1.29, 1.82) is 0 Å². The quantitative estimate of drug-likeness (QED) is 0.662. The first kappa shape index (κ1) is 11.7. The molecule has 1 fully saturated rings. The Morgan fingerprint density at radius 3 is 2.80 bits per heavy atom. The number of hydrogen-bond acceptors (Lipinski definition) is 3. The number of amides is 1. The van der Waals surface area contributed by atoms with Crippen molar-refractivity contribution in [3.05, 3.63) is 12.2 Å². The van der Waals surface area contributed by atoms with E-state index in [0.717, 1.165) is 38.0 Å². The van der Waals surface area contributed by atoms with E-state index in [1.807, 2.05) is 0 Å². The minimum absolute atomic E-state index is 0.0958. The van der Waals surface area contributed by atoms with Crippen molar-refractivity contribution in [3.8, 4) is 0 Å². The Kier molecular flexibility index (Phi) is 4.83. The first-order valence-electron chi connectivity index (χ1n) is 4.98. The molecule has 1 saturated heterocycles. The molecule has 0 aromatic rings. The van der Waals surface area contributed by atoms with Crippen LogP contribution in [0.25, 0.3) is 0 Å². The molecular weight excluding hydrogens is 198 g/mol. The Morgan fingerprint density at radius 1 is 1.27 bits per heavy atom. The van der Waals surface area contributed by atoms with E-state index in [1.165, 1.54) is 0 Å². The van der Waals surface area contributed by atoms with Crippen LogP contribution in [0.4, 0.5) is 0 Å². The molecule has 0 spiro atoms. The van der Waals surface area contributed by atoms with Gasteiger partial charge in [0, 0.05) is 31.4 Å². The van der Waals surface area contributed by atoms with Gasteiger partial charge in [-0.1, -0.05) is 0 Å². The zero-order valence-electron chi connectivity index (χ0n) is 8.44. The summed E-state index contributed by atoms with van der Waals surface area (Å²) < 4.78 is 5.24. The lowest BCUT2D eigenvalue weighted by molar-refractivity contribution is -0.131. The third kappa shape index (κ3) is 5.17. The fraction of sp³-hybridized carbons (Fsp3) is 0.600. The van der Waals surface area contributed by atoms with E-state index in [-0.39, 0.29) is 11.9 Å². The SMILES string of the molecule is O=C(O)/C=C/C(=O)NC1CCCOCC1. The van der Waals surface area contributed by atoms with Gasteiger partial charge in [-0.2, -0.15) is 0 Å². The monoisotopic (exact) mass is 213 g/mol. The molecule has 1 amide bonds. The van der Waals surface area contributed by atoms with Crippen molar-refractivity contribution >= 4 is 11.9 Å². The Labute approximate surface area is 88.1 Å². The lowest BCUT2D eigenvalue weighted by Crippen LogP contribution is -2.33. The number of hydrogen-bond donors (Lipinski definition) is 2. The first-order chi connectivity index (χ1) is 7.18. The van der Waals surface area contributed by atoms with Crippen LogP contribution in [0.5, 0.6) is 0 Å². The predicted molar refractivity (Wildman–Crippen MR) is 53.4 cm³/mol. The summed E-state index contributed by atoms with van der Waals surface area (Å²) in [6.07, 6.45) is 4.46. The van der Waals surface area contributed by atoms with E-state index in [0.29, 0.717) is 6.61 Å². The molecule has 1 heterocycles. The molecule has 1 aliphatic heterocycles. The van der Waals surface area contributed by atoms with Crippen LogP contribution in [0.1, 0.15) is 19.3 Å². The van der Waals surface area contributed by atoms with E-state index in [4.69, 9.17) is 9.84 Å². The largest absolute Gasteiger partial charge is 0.478 e. The second kappa shape index (κ2) is 6.19. The number of carboxylic acids is 1. The van der Waals surface area contributed by atoms with Gasteiger partial charge in [0.1, 0.15) is 0 Å². The number of ether oxygens (including phenoxy) is 1. The summed E-state index contributed by atoms with van der Waals surface area (Å²) in [6, 6.07) is 0.0958. The molecule has 0 aromatic carbocycles.